The predicted octanol–water partition coefficient (Wildman–Crippen LogP) is -5.28. The van der Waals surface area contributed by atoms with Gasteiger partial charge in [0.2, 0.25) is 11.8 Å². The highest BCUT2D eigenvalue weighted by Gasteiger charge is 2.17. The zero-order valence-electron chi connectivity index (χ0n) is 12.6. The van der Waals surface area contributed by atoms with Crippen LogP contribution in [0.4, 0.5) is 0 Å². The van der Waals surface area contributed by atoms with Crippen molar-refractivity contribution in [2.75, 3.05) is 13.1 Å². The molecule has 0 aromatic rings. The first-order chi connectivity index (χ1) is 10.8. The maximum atomic E-state index is 11.7. The summed E-state index contributed by atoms with van der Waals surface area (Å²) in [6.07, 6.45) is 0.679. The SMILES string of the molecule is NC(N)=[NH+]CCC[C@H](N)C(=O)NCC(=O)N[C@H](C=O)CC(=O)O. The Hall–Kier alpha value is -2.69. The number of carbonyl (C=O) groups is 4. The third kappa shape index (κ3) is 10.6. The molecular weight excluding hydrogens is 308 g/mol. The molecule has 2 amide bonds. The van der Waals surface area contributed by atoms with E-state index in [0.29, 0.717) is 25.7 Å². The molecule has 0 aliphatic rings. The van der Waals surface area contributed by atoms with Crippen LogP contribution in [0.2, 0.25) is 0 Å². The van der Waals surface area contributed by atoms with Gasteiger partial charge in [-0.05, 0) is 12.8 Å². The Morgan fingerprint density at radius 1 is 1.26 bits per heavy atom. The van der Waals surface area contributed by atoms with Gasteiger partial charge in [-0.3, -0.25) is 30.8 Å². The van der Waals surface area contributed by atoms with Crippen LogP contribution >= 0.6 is 0 Å². The summed E-state index contributed by atoms with van der Waals surface area (Å²) >= 11 is 0. The third-order valence-electron chi connectivity index (χ3n) is 2.69. The minimum Gasteiger partial charge on any atom is -0.481 e. The first-order valence-corrected chi connectivity index (χ1v) is 6.87. The average Bonchev–Trinajstić information content (AvgIpc) is 2.47. The molecule has 0 saturated heterocycles. The Morgan fingerprint density at radius 3 is 2.43 bits per heavy atom. The van der Waals surface area contributed by atoms with Crippen LogP contribution in [0.15, 0.2) is 0 Å². The van der Waals surface area contributed by atoms with Crippen molar-refractivity contribution in [1.82, 2.24) is 10.6 Å². The summed E-state index contributed by atoms with van der Waals surface area (Å²) in [7, 11) is 0. The average molecular weight is 331 g/mol. The molecule has 0 saturated carbocycles. The maximum absolute atomic E-state index is 11.7. The summed E-state index contributed by atoms with van der Waals surface area (Å²) < 4.78 is 0. The van der Waals surface area contributed by atoms with Crippen molar-refractivity contribution in [2.45, 2.75) is 31.3 Å². The van der Waals surface area contributed by atoms with Crippen molar-refractivity contribution in [3.8, 4) is 0 Å². The van der Waals surface area contributed by atoms with Gasteiger partial charge in [0.05, 0.1) is 31.6 Å². The lowest BCUT2D eigenvalue weighted by molar-refractivity contribution is -0.459. The van der Waals surface area contributed by atoms with E-state index >= 15 is 0 Å². The number of nitrogens with two attached hydrogens (primary N) is 3. The Labute approximate surface area is 132 Å². The van der Waals surface area contributed by atoms with Crippen LogP contribution in [0, 0.1) is 0 Å². The molecule has 0 rings (SSSR count). The highest BCUT2D eigenvalue weighted by Crippen LogP contribution is 1.92. The molecule has 0 aliphatic heterocycles. The molecule has 0 aliphatic carbocycles. The van der Waals surface area contributed by atoms with Crippen LogP contribution < -0.4 is 32.8 Å². The maximum Gasteiger partial charge on any atom is 0.338 e. The van der Waals surface area contributed by atoms with Crippen LogP contribution in [0.25, 0.3) is 0 Å². The predicted molar refractivity (Wildman–Crippen MR) is 79.7 cm³/mol. The van der Waals surface area contributed by atoms with Gasteiger partial charge in [0.15, 0.2) is 0 Å². The van der Waals surface area contributed by atoms with Crippen molar-refractivity contribution < 1.29 is 29.3 Å². The number of carbonyl (C=O) groups excluding carboxylic acids is 3. The quantitative estimate of drug-likeness (QED) is 0.0840. The van der Waals surface area contributed by atoms with Gasteiger partial charge >= 0.3 is 11.9 Å². The number of hydrogen-bond donors (Lipinski definition) is 7. The van der Waals surface area contributed by atoms with Crippen LogP contribution in [0.3, 0.4) is 0 Å². The molecule has 0 bridgehead atoms. The zero-order valence-corrected chi connectivity index (χ0v) is 12.6. The third-order valence-corrected chi connectivity index (χ3v) is 2.69. The largest absolute Gasteiger partial charge is 0.481 e. The lowest BCUT2D eigenvalue weighted by Gasteiger charge is -2.13. The van der Waals surface area contributed by atoms with Gasteiger partial charge in [-0.25, -0.2) is 0 Å². The Kier molecular flexibility index (Phi) is 9.67. The standard InChI is InChI=1S/C12H22N6O5/c13-8(2-1-3-16-12(14)15)11(23)17-5-9(20)18-7(6-19)4-10(21)22/h6-8H,1-5,13H2,(H,17,23)(H,18,20)(H,21,22)(H4,14,15,16)/p+1/t7-,8-/m0/s1. The van der Waals surface area contributed by atoms with E-state index in [0.717, 1.165) is 0 Å². The number of nitrogens with one attached hydrogen (secondary N) is 3. The molecule has 0 heterocycles. The normalized spacial score (nSPS) is 12.6. The topological polar surface area (TPSA) is 205 Å². The molecule has 0 unspecified atom stereocenters. The number of aldehydes is 1. The van der Waals surface area contributed by atoms with Crippen molar-refractivity contribution in [3.63, 3.8) is 0 Å². The highest BCUT2D eigenvalue weighted by molar-refractivity contribution is 5.88. The number of carboxylic acids is 1. The fourth-order valence-electron chi connectivity index (χ4n) is 1.56. The number of carboxylic acid groups (broad SMARTS) is 1. The van der Waals surface area contributed by atoms with Gasteiger partial charge < -0.3 is 26.3 Å². The van der Waals surface area contributed by atoms with E-state index in [-0.39, 0.29) is 5.96 Å². The molecule has 11 nitrogen and oxygen atoms in total. The second-order valence-electron chi connectivity index (χ2n) is 4.76. The van der Waals surface area contributed by atoms with Gasteiger partial charge in [-0.1, -0.05) is 0 Å². The van der Waals surface area contributed by atoms with E-state index in [9.17, 15) is 19.2 Å². The molecule has 0 spiro atoms. The molecule has 10 N–H and O–H groups in total. The molecule has 0 aromatic heterocycles. The fourth-order valence-corrected chi connectivity index (χ4v) is 1.56. The summed E-state index contributed by atoms with van der Waals surface area (Å²) in [4.78, 5) is 46.9. The van der Waals surface area contributed by atoms with E-state index in [1.165, 1.54) is 0 Å². The molecule has 23 heavy (non-hydrogen) atoms. The minimum absolute atomic E-state index is 0.0748. The van der Waals surface area contributed by atoms with Gasteiger partial charge in [0.25, 0.3) is 0 Å². The van der Waals surface area contributed by atoms with E-state index in [1.807, 2.05) is 0 Å². The van der Waals surface area contributed by atoms with Gasteiger partial charge in [0.1, 0.15) is 6.29 Å². The molecule has 0 fully saturated rings. The molecule has 11 heteroatoms. The van der Waals surface area contributed by atoms with Crippen LogP contribution in [0.5, 0.6) is 0 Å². The Morgan fingerprint density at radius 2 is 1.91 bits per heavy atom. The van der Waals surface area contributed by atoms with Gasteiger partial charge in [0, 0.05) is 0 Å². The fraction of sp³-hybridized carbons (Fsp3) is 0.583. The first kappa shape index (κ1) is 20.3. The smallest absolute Gasteiger partial charge is 0.338 e. The number of guanidine groups is 1. The van der Waals surface area contributed by atoms with Crippen molar-refractivity contribution in [3.05, 3.63) is 0 Å². The zero-order chi connectivity index (χ0) is 17.8. The summed E-state index contributed by atoms with van der Waals surface area (Å²) in [6.45, 7) is 0.0538. The van der Waals surface area contributed by atoms with Crippen LogP contribution in [-0.4, -0.2) is 60.3 Å². The Balaban J connectivity index is 4.06. The van der Waals surface area contributed by atoms with Crippen LogP contribution in [-0.2, 0) is 19.2 Å². The lowest BCUT2D eigenvalue weighted by atomic mass is 10.1. The van der Waals surface area contributed by atoms with Gasteiger partial charge in [-0.2, -0.15) is 0 Å². The minimum atomic E-state index is -1.22. The van der Waals surface area contributed by atoms with E-state index in [1.54, 1.807) is 0 Å². The number of hydrogen-bond acceptors (Lipinski definition) is 5. The second-order valence-corrected chi connectivity index (χ2v) is 4.76. The monoisotopic (exact) mass is 331 g/mol. The highest BCUT2D eigenvalue weighted by atomic mass is 16.4. The van der Waals surface area contributed by atoms with E-state index < -0.39 is 42.8 Å². The molecular formula is C12H23N6O5+. The molecule has 0 radical (unpaired) electrons. The lowest BCUT2D eigenvalue weighted by Crippen LogP contribution is -2.78. The molecule has 130 valence electrons. The van der Waals surface area contributed by atoms with E-state index in [2.05, 4.69) is 15.6 Å². The summed E-state index contributed by atoms with van der Waals surface area (Å²) in [5.41, 5.74) is 16.0. The van der Waals surface area contributed by atoms with Gasteiger partial charge in [-0.15, -0.1) is 0 Å². The number of amides is 2. The molecule has 2 atom stereocenters. The van der Waals surface area contributed by atoms with Crippen LogP contribution in [0.1, 0.15) is 19.3 Å². The first-order valence-electron chi connectivity index (χ1n) is 6.87. The summed E-state index contributed by atoms with van der Waals surface area (Å²) in [6, 6.07) is -1.96. The van der Waals surface area contributed by atoms with Crippen molar-refractivity contribution >= 4 is 30.0 Å². The Bertz CT molecular complexity index is 463. The van der Waals surface area contributed by atoms with Crippen molar-refractivity contribution in [1.29, 1.82) is 0 Å². The van der Waals surface area contributed by atoms with Crippen molar-refractivity contribution in [2.24, 2.45) is 17.2 Å². The summed E-state index contributed by atoms with van der Waals surface area (Å²) in [5.74, 6) is -2.37. The molecule has 0 aromatic carbocycles. The van der Waals surface area contributed by atoms with E-state index in [4.69, 9.17) is 22.3 Å². The number of aliphatic carboxylic acids is 1. The second kappa shape index (κ2) is 11.0. The summed E-state index contributed by atoms with van der Waals surface area (Å²) in [5, 5.41) is 13.0. The number of rotatable bonds is 11.